The van der Waals surface area contributed by atoms with Crippen molar-refractivity contribution >= 4 is 29.2 Å². The molecule has 2 aromatic rings. The topological polar surface area (TPSA) is 121 Å². The molecule has 2 rings (SSSR count). The van der Waals surface area contributed by atoms with Gasteiger partial charge in [-0.05, 0) is 19.1 Å². The Kier molecular flexibility index (Phi) is 5.02. The molecule has 23 heavy (non-hydrogen) atoms. The number of aliphatic carboxylic acids is 2. The minimum absolute atomic E-state index is 0.192. The van der Waals surface area contributed by atoms with E-state index in [1.165, 1.54) is 17.4 Å². The van der Waals surface area contributed by atoms with E-state index in [0.717, 1.165) is 9.91 Å². The van der Waals surface area contributed by atoms with Crippen LogP contribution in [0.25, 0.3) is 10.6 Å². The fraction of sp³-hybridized carbons (Fsp3) is 0.214. The number of carboxylic acids is 2. The van der Waals surface area contributed by atoms with Crippen molar-refractivity contribution < 1.29 is 24.6 Å². The number of hydrogen-bond acceptors (Lipinski definition) is 6. The number of hydrogen-bond donors (Lipinski definition) is 2. The highest BCUT2D eigenvalue weighted by atomic mass is 32.1. The third kappa shape index (κ3) is 4.33. The molecule has 1 aromatic carbocycles. The number of carboxylic acid groups (broad SMARTS) is 2. The van der Waals surface area contributed by atoms with Crippen molar-refractivity contribution in [2.24, 2.45) is 0 Å². The lowest BCUT2D eigenvalue weighted by molar-refractivity contribution is -0.140. The molecule has 1 amide bonds. The first-order valence-electron chi connectivity index (χ1n) is 6.50. The fourth-order valence-corrected chi connectivity index (χ4v) is 2.60. The third-order valence-electron chi connectivity index (χ3n) is 2.82. The number of nitrogens with zero attached hydrogens (tertiary/aromatic N) is 3. The lowest BCUT2D eigenvalue weighted by Gasteiger charge is -2.18. The van der Waals surface area contributed by atoms with Crippen molar-refractivity contribution in [3.05, 3.63) is 34.8 Å². The van der Waals surface area contributed by atoms with E-state index >= 15 is 0 Å². The Morgan fingerprint density at radius 3 is 2.30 bits per heavy atom. The second-order valence-electron chi connectivity index (χ2n) is 4.66. The Morgan fingerprint density at radius 2 is 1.78 bits per heavy atom. The van der Waals surface area contributed by atoms with E-state index in [0.29, 0.717) is 10.6 Å². The molecule has 1 aromatic heterocycles. The molecule has 0 aliphatic carbocycles. The molecule has 0 radical (unpaired) electrons. The smallest absolute Gasteiger partial charge is 0.323 e. The zero-order chi connectivity index (χ0) is 17.0. The van der Waals surface area contributed by atoms with Gasteiger partial charge in [-0.25, -0.2) is 0 Å². The molecule has 0 spiro atoms. The van der Waals surface area contributed by atoms with Crippen molar-refractivity contribution in [1.29, 1.82) is 0 Å². The molecular formula is C14H13N3O5S. The second kappa shape index (κ2) is 6.97. The van der Waals surface area contributed by atoms with Crippen molar-refractivity contribution in [3.8, 4) is 10.6 Å². The molecular weight excluding hydrogens is 322 g/mol. The van der Waals surface area contributed by atoms with Gasteiger partial charge in [0.05, 0.1) is 0 Å². The largest absolute Gasteiger partial charge is 0.480 e. The van der Waals surface area contributed by atoms with Crippen molar-refractivity contribution in [2.75, 3.05) is 13.1 Å². The van der Waals surface area contributed by atoms with E-state index in [1.54, 1.807) is 25.1 Å². The van der Waals surface area contributed by atoms with Crippen LogP contribution in [0.4, 0.5) is 0 Å². The quantitative estimate of drug-likeness (QED) is 0.811. The summed E-state index contributed by atoms with van der Waals surface area (Å²) in [6.45, 7) is 0.429. The monoisotopic (exact) mass is 335 g/mol. The third-order valence-corrected chi connectivity index (χ3v) is 3.71. The van der Waals surface area contributed by atoms with Crippen LogP contribution in [-0.2, 0) is 9.59 Å². The maximum atomic E-state index is 12.4. The molecule has 0 aliphatic heterocycles. The Hall–Kier alpha value is -2.81. The summed E-state index contributed by atoms with van der Waals surface area (Å²) in [4.78, 5) is 34.8. The van der Waals surface area contributed by atoms with Gasteiger partial charge in [-0.3, -0.25) is 14.4 Å². The number of aromatic nitrogens is 2. The Morgan fingerprint density at radius 1 is 1.13 bits per heavy atom. The molecule has 0 saturated carbocycles. The van der Waals surface area contributed by atoms with Crippen molar-refractivity contribution in [2.45, 2.75) is 6.92 Å². The summed E-state index contributed by atoms with van der Waals surface area (Å²) < 4.78 is 0. The number of carbonyl (C=O) groups is 3. The minimum Gasteiger partial charge on any atom is -0.480 e. The average Bonchev–Trinajstić information content (AvgIpc) is 2.91. The number of amides is 1. The van der Waals surface area contributed by atoms with Gasteiger partial charge in [-0.1, -0.05) is 23.5 Å². The van der Waals surface area contributed by atoms with Gasteiger partial charge in [0, 0.05) is 11.1 Å². The number of benzene rings is 1. The summed E-state index contributed by atoms with van der Waals surface area (Å²) >= 11 is 1.36. The molecule has 0 aliphatic rings. The van der Waals surface area contributed by atoms with Crippen LogP contribution < -0.4 is 0 Å². The zero-order valence-electron chi connectivity index (χ0n) is 12.1. The predicted molar refractivity (Wildman–Crippen MR) is 81.3 cm³/mol. The summed E-state index contributed by atoms with van der Waals surface area (Å²) in [5.41, 5.74) is 0.852. The van der Waals surface area contributed by atoms with Crippen molar-refractivity contribution in [1.82, 2.24) is 15.1 Å². The van der Waals surface area contributed by atoms with Crippen LogP contribution in [0, 0.1) is 6.92 Å². The van der Waals surface area contributed by atoms with Crippen LogP contribution in [0.3, 0.4) is 0 Å². The second-order valence-corrected chi connectivity index (χ2v) is 5.84. The maximum Gasteiger partial charge on any atom is 0.323 e. The van der Waals surface area contributed by atoms with E-state index in [4.69, 9.17) is 10.2 Å². The summed E-state index contributed by atoms with van der Waals surface area (Å²) in [7, 11) is 0. The molecule has 0 bridgehead atoms. The van der Waals surface area contributed by atoms with Crippen LogP contribution in [0.5, 0.6) is 0 Å². The Bertz CT molecular complexity index is 742. The van der Waals surface area contributed by atoms with Gasteiger partial charge in [0.15, 0.2) is 0 Å². The van der Waals surface area contributed by atoms with E-state index in [-0.39, 0.29) is 5.56 Å². The molecule has 2 N–H and O–H groups in total. The molecule has 0 atom stereocenters. The van der Waals surface area contributed by atoms with Gasteiger partial charge >= 0.3 is 11.9 Å². The van der Waals surface area contributed by atoms with Crippen LogP contribution in [-0.4, -0.2) is 56.2 Å². The van der Waals surface area contributed by atoms with E-state index in [2.05, 4.69) is 10.2 Å². The van der Waals surface area contributed by atoms with Gasteiger partial charge in [-0.15, -0.1) is 10.2 Å². The van der Waals surface area contributed by atoms with E-state index in [1.807, 2.05) is 0 Å². The molecule has 9 heteroatoms. The van der Waals surface area contributed by atoms with Gasteiger partial charge < -0.3 is 15.1 Å². The number of carbonyl (C=O) groups excluding carboxylic acids is 1. The highest BCUT2D eigenvalue weighted by molar-refractivity contribution is 7.14. The van der Waals surface area contributed by atoms with Crippen LogP contribution in [0.2, 0.25) is 0 Å². The first-order valence-corrected chi connectivity index (χ1v) is 7.32. The minimum atomic E-state index is -1.28. The summed E-state index contributed by atoms with van der Waals surface area (Å²) in [5, 5.41) is 26.9. The highest BCUT2D eigenvalue weighted by Crippen LogP contribution is 2.24. The van der Waals surface area contributed by atoms with Crippen molar-refractivity contribution in [3.63, 3.8) is 0 Å². The lowest BCUT2D eigenvalue weighted by atomic mass is 10.1. The zero-order valence-corrected chi connectivity index (χ0v) is 12.9. The summed E-state index contributed by atoms with van der Waals surface area (Å²) in [5.74, 6) is -3.23. The average molecular weight is 335 g/mol. The predicted octanol–water partition coefficient (Wildman–Crippen LogP) is 1.12. The highest BCUT2D eigenvalue weighted by Gasteiger charge is 2.21. The van der Waals surface area contributed by atoms with Gasteiger partial charge in [-0.2, -0.15) is 0 Å². The van der Waals surface area contributed by atoms with E-state index in [9.17, 15) is 14.4 Å². The standard InChI is InChI=1S/C14H13N3O5S/c1-8-15-16-13(23-8)9-3-2-4-10(5-9)14(22)17(6-11(18)19)7-12(20)21/h2-5H,6-7H2,1H3,(H,18,19)(H,20,21). The molecule has 0 saturated heterocycles. The van der Waals surface area contributed by atoms with Crippen LogP contribution in [0.15, 0.2) is 24.3 Å². The molecule has 120 valence electrons. The normalized spacial score (nSPS) is 10.3. The van der Waals surface area contributed by atoms with E-state index < -0.39 is 30.9 Å². The SMILES string of the molecule is Cc1nnc(-c2cccc(C(=O)N(CC(=O)O)CC(=O)O)c2)s1. The molecule has 0 unspecified atom stereocenters. The maximum absolute atomic E-state index is 12.4. The Labute approximate surface area is 135 Å². The Balaban J connectivity index is 2.30. The summed E-state index contributed by atoms with van der Waals surface area (Å²) in [6, 6.07) is 6.41. The van der Waals surface area contributed by atoms with Crippen LogP contribution >= 0.6 is 11.3 Å². The number of aryl methyl sites for hydroxylation is 1. The van der Waals surface area contributed by atoms with Gasteiger partial charge in [0.2, 0.25) is 0 Å². The lowest BCUT2D eigenvalue weighted by Crippen LogP contribution is -2.39. The first-order chi connectivity index (χ1) is 10.9. The summed E-state index contributed by atoms with van der Waals surface area (Å²) in [6.07, 6.45) is 0. The van der Waals surface area contributed by atoms with Gasteiger partial charge in [0.25, 0.3) is 5.91 Å². The van der Waals surface area contributed by atoms with Crippen LogP contribution in [0.1, 0.15) is 15.4 Å². The molecule has 0 fully saturated rings. The fourth-order valence-electron chi connectivity index (χ4n) is 1.91. The number of rotatable bonds is 6. The molecule has 8 nitrogen and oxygen atoms in total. The molecule has 1 heterocycles. The van der Waals surface area contributed by atoms with Gasteiger partial charge in [0.1, 0.15) is 23.1 Å². The first kappa shape index (κ1) is 16.6.